The fourth-order valence-corrected chi connectivity index (χ4v) is 2.65. The number of anilines is 2. The monoisotopic (exact) mass is 365 g/mol. The predicted octanol–water partition coefficient (Wildman–Crippen LogP) is 1.90. The normalized spacial score (nSPS) is 13.6. The van der Waals surface area contributed by atoms with Gasteiger partial charge in [-0.2, -0.15) is 0 Å². The quantitative estimate of drug-likeness (QED) is 0.679. The SMILES string of the molecule is Cc1ccc(C(=O)Nc2cccc(NC3=CC(=O)N(CCO)C3=O)c2)cc1. The maximum atomic E-state index is 12.3. The Morgan fingerprint density at radius 2 is 1.78 bits per heavy atom. The molecule has 0 atom stereocenters. The highest BCUT2D eigenvalue weighted by Gasteiger charge is 2.30. The van der Waals surface area contributed by atoms with Crippen molar-refractivity contribution in [3.05, 3.63) is 71.4 Å². The fourth-order valence-electron chi connectivity index (χ4n) is 2.65. The van der Waals surface area contributed by atoms with E-state index in [4.69, 9.17) is 5.11 Å². The summed E-state index contributed by atoms with van der Waals surface area (Å²) >= 11 is 0. The number of amides is 3. The molecule has 0 saturated carbocycles. The zero-order valence-corrected chi connectivity index (χ0v) is 14.7. The van der Waals surface area contributed by atoms with Crippen molar-refractivity contribution in [3.63, 3.8) is 0 Å². The summed E-state index contributed by atoms with van der Waals surface area (Å²) in [5.41, 5.74) is 2.83. The van der Waals surface area contributed by atoms with E-state index in [9.17, 15) is 14.4 Å². The summed E-state index contributed by atoms with van der Waals surface area (Å²) in [7, 11) is 0. The van der Waals surface area contributed by atoms with E-state index in [1.54, 1.807) is 36.4 Å². The summed E-state index contributed by atoms with van der Waals surface area (Å²) in [5.74, 6) is -1.21. The van der Waals surface area contributed by atoms with Crippen molar-refractivity contribution >= 4 is 29.1 Å². The van der Waals surface area contributed by atoms with E-state index in [1.165, 1.54) is 6.08 Å². The molecule has 0 aliphatic carbocycles. The van der Waals surface area contributed by atoms with Gasteiger partial charge in [-0.25, -0.2) is 0 Å². The van der Waals surface area contributed by atoms with Gasteiger partial charge in [0.25, 0.3) is 17.7 Å². The fraction of sp³-hybridized carbons (Fsp3) is 0.150. The average molecular weight is 365 g/mol. The van der Waals surface area contributed by atoms with Gasteiger partial charge in [0, 0.05) is 23.0 Å². The van der Waals surface area contributed by atoms with Gasteiger partial charge in [-0.3, -0.25) is 19.3 Å². The van der Waals surface area contributed by atoms with Crippen LogP contribution in [0.5, 0.6) is 0 Å². The Balaban J connectivity index is 1.70. The lowest BCUT2D eigenvalue weighted by molar-refractivity contribution is -0.137. The number of nitrogens with one attached hydrogen (secondary N) is 2. The van der Waals surface area contributed by atoms with E-state index in [0.717, 1.165) is 10.5 Å². The number of hydrogen-bond acceptors (Lipinski definition) is 5. The van der Waals surface area contributed by atoms with E-state index in [-0.39, 0.29) is 24.8 Å². The van der Waals surface area contributed by atoms with Gasteiger partial charge in [0.15, 0.2) is 0 Å². The maximum absolute atomic E-state index is 12.3. The number of benzene rings is 2. The van der Waals surface area contributed by atoms with Crippen LogP contribution in [-0.4, -0.2) is 40.9 Å². The minimum Gasteiger partial charge on any atom is -0.395 e. The molecule has 27 heavy (non-hydrogen) atoms. The van der Waals surface area contributed by atoms with Gasteiger partial charge in [0.05, 0.1) is 13.2 Å². The Hall–Kier alpha value is -3.45. The molecule has 0 aromatic heterocycles. The summed E-state index contributed by atoms with van der Waals surface area (Å²) in [6, 6.07) is 14.0. The molecule has 2 aromatic rings. The number of aliphatic hydroxyl groups is 1. The summed E-state index contributed by atoms with van der Waals surface area (Å²) in [4.78, 5) is 37.3. The van der Waals surface area contributed by atoms with Crippen molar-refractivity contribution in [3.8, 4) is 0 Å². The lowest BCUT2D eigenvalue weighted by atomic mass is 10.1. The second kappa shape index (κ2) is 7.84. The number of aliphatic hydroxyl groups excluding tert-OH is 1. The first-order valence-electron chi connectivity index (χ1n) is 8.41. The number of rotatable bonds is 6. The second-order valence-corrected chi connectivity index (χ2v) is 6.10. The smallest absolute Gasteiger partial charge is 0.277 e. The van der Waals surface area contributed by atoms with Crippen LogP contribution in [0.25, 0.3) is 0 Å². The summed E-state index contributed by atoms with van der Waals surface area (Å²) in [6.07, 6.45) is 1.19. The summed E-state index contributed by atoms with van der Waals surface area (Å²) < 4.78 is 0. The molecule has 138 valence electrons. The Labute approximate surface area is 156 Å². The summed E-state index contributed by atoms with van der Waals surface area (Å²) in [6.45, 7) is 1.60. The van der Waals surface area contributed by atoms with E-state index in [2.05, 4.69) is 10.6 Å². The molecule has 3 rings (SSSR count). The first-order valence-corrected chi connectivity index (χ1v) is 8.41. The number of carbonyl (C=O) groups excluding carboxylic acids is 3. The van der Waals surface area contributed by atoms with Crippen LogP contribution in [0, 0.1) is 6.92 Å². The standard InChI is InChI=1S/C20H19N3O4/c1-13-5-7-14(8-6-13)19(26)22-16-4-2-3-15(11-16)21-17-12-18(25)23(9-10-24)20(17)27/h2-8,11-12,21,24H,9-10H2,1H3,(H,22,26). The lowest BCUT2D eigenvalue weighted by Gasteiger charge is -2.14. The predicted molar refractivity (Wildman–Crippen MR) is 101 cm³/mol. The van der Waals surface area contributed by atoms with Gasteiger partial charge in [-0.05, 0) is 37.3 Å². The van der Waals surface area contributed by atoms with Crippen molar-refractivity contribution in [2.75, 3.05) is 23.8 Å². The van der Waals surface area contributed by atoms with Crippen molar-refractivity contribution in [1.82, 2.24) is 4.90 Å². The molecule has 3 N–H and O–H groups in total. The number of carbonyl (C=O) groups is 3. The second-order valence-electron chi connectivity index (χ2n) is 6.10. The minimum atomic E-state index is -0.497. The van der Waals surface area contributed by atoms with Crippen LogP contribution in [0.15, 0.2) is 60.3 Å². The topological polar surface area (TPSA) is 98.7 Å². The van der Waals surface area contributed by atoms with Crippen LogP contribution in [0.4, 0.5) is 11.4 Å². The third-order valence-corrected chi connectivity index (χ3v) is 4.05. The number of nitrogens with zero attached hydrogens (tertiary/aromatic N) is 1. The van der Waals surface area contributed by atoms with Crippen molar-refractivity contribution in [2.24, 2.45) is 0 Å². The molecular weight excluding hydrogens is 346 g/mol. The third kappa shape index (κ3) is 4.21. The summed E-state index contributed by atoms with van der Waals surface area (Å²) in [5, 5.41) is 14.6. The minimum absolute atomic E-state index is 0.0496. The molecule has 0 unspecified atom stereocenters. The van der Waals surface area contributed by atoms with Crippen LogP contribution in [0.2, 0.25) is 0 Å². The molecule has 7 heteroatoms. The molecule has 7 nitrogen and oxygen atoms in total. The Morgan fingerprint density at radius 3 is 2.48 bits per heavy atom. The van der Waals surface area contributed by atoms with Crippen molar-refractivity contribution < 1.29 is 19.5 Å². The van der Waals surface area contributed by atoms with Gasteiger partial charge in [0.2, 0.25) is 0 Å². The van der Waals surface area contributed by atoms with E-state index >= 15 is 0 Å². The highest BCUT2D eigenvalue weighted by molar-refractivity contribution is 6.17. The van der Waals surface area contributed by atoms with Gasteiger partial charge in [-0.15, -0.1) is 0 Å². The molecule has 0 bridgehead atoms. The molecule has 0 spiro atoms. The largest absolute Gasteiger partial charge is 0.395 e. The third-order valence-electron chi connectivity index (χ3n) is 4.05. The molecule has 1 heterocycles. The van der Waals surface area contributed by atoms with Crippen molar-refractivity contribution in [1.29, 1.82) is 0 Å². The molecule has 2 aromatic carbocycles. The molecule has 0 saturated heterocycles. The molecule has 1 aliphatic heterocycles. The number of aryl methyl sites for hydroxylation is 1. The zero-order valence-electron chi connectivity index (χ0n) is 14.7. The number of hydrogen-bond donors (Lipinski definition) is 3. The Morgan fingerprint density at radius 1 is 1.07 bits per heavy atom. The van der Waals surface area contributed by atoms with Gasteiger partial charge in [0.1, 0.15) is 5.70 Å². The van der Waals surface area contributed by atoms with Crippen LogP contribution in [-0.2, 0) is 9.59 Å². The van der Waals surface area contributed by atoms with Gasteiger partial charge >= 0.3 is 0 Å². The van der Waals surface area contributed by atoms with Crippen molar-refractivity contribution in [2.45, 2.75) is 6.92 Å². The lowest BCUT2D eigenvalue weighted by Crippen LogP contribution is -2.34. The van der Waals surface area contributed by atoms with Gasteiger partial charge < -0.3 is 15.7 Å². The number of β-amino-alcohol motifs (C(OH)–C–C–N with tert-alkyl or cyclic N) is 1. The molecule has 0 radical (unpaired) electrons. The highest BCUT2D eigenvalue weighted by Crippen LogP contribution is 2.20. The van der Waals surface area contributed by atoms with Crippen LogP contribution < -0.4 is 10.6 Å². The van der Waals surface area contributed by atoms with Crippen LogP contribution in [0.3, 0.4) is 0 Å². The first-order chi connectivity index (χ1) is 13.0. The van der Waals surface area contributed by atoms with Crippen LogP contribution >= 0.6 is 0 Å². The molecule has 0 fully saturated rings. The Kier molecular flexibility index (Phi) is 5.33. The van der Waals surface area contributed by atoms with E-state index < -0.39 is 11.8 Å². The first kappa shape index (κ1) is 18.3. The zero-order chi connectivity index (χ0) is 19.4. The average Bonchev–Trinajstić information content (AvgIpc) is 2.90. The molecule has 1 aliphatic rings. The Bertz CT molecular complexity index is 919. The maximum Gasteiger partial charge on any atom is 0.277 e. The highest BCUT2D eigenvalue weighted by atomic mass is 16.3. The number of imide groups is 1. The molecular formula is C20H19N3O4. The van der Waals surface area contributed by atoms with E-state index in [1.807, 2.05) is 19.1 Å². The van der Waals surface area contributed by atoms with Crippen LogP contribution in [0.1, 0.15) is 15.9 Å². The van der Waals surface area contributed by atoms with Gasteiger partial charge in [-0.1, -0.05) is 23.8 Å². The molecule has 3 amide bonds. The van der Waals surface area contributed by atoms with E-state index in [0.29, 0.717) is 16.9 Å².